The van der Waals surface area contributed by atoms with Gasteiger partial charge in [-0.3, -0.25) is 43.5 Å². The molecule has 0 spiro atoms. The van der Waals surface area contributed by atoms with Crippen LogP contribution in [0.4, 0.5) is 0 Å². The number of thioether (sulfide) groups is 1. The van der Waals surface area contributed by atoms with E-state index < -0.39 is 103 Å². The molecule has 25 heteroatoms. The van der Waals surface area contributed by atoms with Gasteiger partial charge in [-0.15, -0.1) is 0 Å². The third kappa shape index (κ3) is 16.7. The summed E-state index contributed by atoms with van der Waals surface area (Å²) >= 11 is 1.40. The molecule has 7 atom stereocenters. The molecule has 2 aliphatic rings. The van der Waals surface area contributed by atoms with Crippen LogP contribution in [0.1, 0.15) is 64.7 Å². The van der Waals surface area contributed by atoms with Crippen molar-refractivity contribution in [3.05, 3.63) is 0 Å². The van der Waals surface area contributed by atoms with Crippen LogP contribution in [0.5, 0.6) is 0 Å². The summed E-state index contributed by atoms with van der Waals surface area (Å²) in [6.45, 7) is 0.803. The van der Waals surface area contributed by atoms with E-state index >= 15 is 0 Å². The summed E-state index contributed by atoms with van der Waals surface area (Å²) in [7, 11) is 0. The van der Waals surface area contributed by atoms with Gasteiger partial charge in [-0.05, 0) is 76.7 Å². The first-order chi connectivity index (χ1) is 28.4. The van der Waals surface area contributed by atoms with Crippen molar-refractivity contribution < 1.29 is 48.6 Å². The first-order valence-corrected chi connectivity index (χ1v) is 21.1. The molecule has 0 aromatic heterocycles. The minimum absolute atomic E-state index is 0.0169. The Labute approximate surface area is 352 Å². The van der Waals surface area contributed by atoms with Crippen LogP contribution >= 0.6 is 11.8 Å². The zero-order chi connectivity index (χ0) is 44.9. The Kier molecular flexibility index (Phi) is 21.9. The van der Waals surface area contributed by atoms with Crippen LogP contribution in [-0.2, 0) is 38.4 Å². The molecule has 0 bridgehead atoms. The Morgan fingerprint density at radius 1 is 0.733 bits per heavy atom. The van der Waals surface area contributed by atoms with Crippen LogP contribution < -0.4 is 55.3 Å². The number of guanidine groups is 2. The number of aliphatic imine (C=N–C) groups is 2. The topological polar surface area (TPSA) is 398 Å². The summed E-state index contributed by atoms with van der Waals surface area (Å²) < 4.78 is 0. The van der Waals surface area contributed by atoms with E-state index in [4.69, 9.17) is 28.7 Å². The van der Waals surface area contributed by atoms with E-state index in [1.54, 1.807) is 6.26 Å². The summed E-state index contributed by atoms with van der Waals surface area (Å²) in [5.41, 5.74) is 27.2. The molecule has 0 aromatic carbocycles. The Morgan fingerprint density at radius 2 is 1.30 bits per heavy atom. The lowest BCUT2D eigenvalue weighted by molar-refractivity contribution is -0.143. The van der Waals surface area contributed by atoms with Gasteiger partial charge in [-0.25, -0.2) is 4.79 Å². The Morgan fingerprint density at radius 3 is 1.85 bits per heavy atom. The van der Waals surface area contributed by atoms with Crippen LogP contribution in [-0.4, -0.2) is 173 Å². The van der Waals surface area contributed by atoms with Crippen molar-refractivity contribution in [2.75, 3.05) is 51.3 Å². The van der Waals surface area contributed by atoms with Crippen LogP contribution in [0, 0.1) is 0 Å². The van der Waals surface area contributed by atoms with Gasteiger partial charge < -0.3 is 75.3 Å². The predicted octanol–water partition coefficient (Wildman–Crippen LogP) is -5.69. The predicted molar refractivity (Wildman–Crippen MR) is 221 cm³/mol. The number of nitrogens with two attached hydrogens (primary N) is 5. The van der Waals surface area contributed by atoms with E-state index in [9.17, 15) is 48.6 Å². The van der Waals surface area contributed by atoms with Crippen molar-refractivity contribution in [2.24, 2.45) is 38.7 Å². The monoisotopic (exact) mass is 870 g/mol. The molecular formula is C35H62N14O10S. The summed E-state index contributed by atoms with van der Waals surface area (Å²) in [5.74, 6) is -5.86. The van der Waals surface area contributed by atoms with Crippen molar-refractivity contribution in [2.45, 2.75) is 107 Å². The number of nitrogens with one attached hydrogen (secondary N) is 5. The van der Waals surface area contributed by atoms with E-state index in [2.05, 4.69) is 36.6 Å². The molecule has 17 N–H and O–H groups in total. The molecule has 2 saturated heterocycles. The lowest BCUT2D eigenvalue weighted by Crippen LogP contribution is -2.59. The maximum Gasteiger partial charge on any atom is 0.326 e. The molecule has 0 radical (unpaired) electrons. The zero-order valence-electron chi connectivity index (χ0n) is 34.1. The van der Waals surface area contributed by atoms with E-state index in [-0.39, 0.29) is 63.7 Å². The maximum atomic E-state index is 13.6. The first kappa shape index (κ1) is 50.7. The van der Waals surface area contributed by atoms with Crippen LogP contribution in [0.3, 0.4) is 0 Å². The number of hydrogen-bond acceptors (Lipinski definition) is 13. The second kappa shape index (κ2) is 25.9. The largest absolute Gasteiger partial charge is 0.480 e. The second-order valence-corrected chi connectivity index (χ2v) is 15.4. The Hall–Kier alpha value is -5.43. The fourth-order valence-electron chi connectivity index (χ4n) is 6.59. The highest BCUT2D eigenvalue weighted by atomic mass is 32.2. The molecule has 7 amide bonds. The summed E-state index contributed by atoms with van der Waals surface area (Å²) in [5, 5.41) is 32.0. The van der Waals surface area contributed by atoms with E-state index in [1.807, 2.05) is 0 Å². The van der Waals surface area contributed by atoms with Gasteiger partial charge in [-0.2, -0.15) is 11.8 Å². The molecule has 2 aliphatic heterocycles. The number of carbonyl (C=O) groups is 8. The maximum absolute atomic E-state index is 13.6. The molecule has 2 rings (SSSR count). The smallest absolute Gasteiger partial charge is 0.326 e. The average molecular weight is 871 g/mol. The van der Waals surface area contributed by atoms with Crippen molar-refractivity contribution in [1.82, 2.24) is 36.4 Å². The number of aliphatic carboxylic acids is 1. The van der Waals surface area contributed by atoms with Crippen molar-refractivity contribution in [3.63, 3.8) is 0 Å². The number of carboxylic acids is 1. The summed E-state index contributed by atoms with van der Waals surface area (Å²) in [4.78, 5) is 114. The fraction of sp³-hybridized carbons (Fsp3) is 0.714. The van der Waals surface area contributed by atoms with Gasteiger partial charge in [-0.1, -0.05) is 0 Å². The number of carboxylic acid groups (broad SMARTS) is 1. The third-order valence-electron chi connectivity index (χ3n) is 9.76. The molecule has 2 heterocycles. The number of rotatable bonds is 25. The highest BCUT2D eigenvalue weighted by Gasteiger charge is 2.40. The number of likely N-dealkylation sites (tertiary alicyclic amines) is 2. The van der Waals surface area contributed by atoms with Gasteiger partial charge in [0.1, 0.15) is 36.3 Å². The van der Waals surface area contributed by atoms with Gasteiger partial charge in [0.2, 0.25) is 41.4 Å². The first-order valence-electron chi connectivity index (χ1n) is 19.7. The zero-order valence-corrected chi connectivity index (χ0v) is 34.9. The normalized spacial score (nSPS) is 18.5. The third-order valence-corrected chi connectivity index (χ3v) is 10.4. The minimum atomic E-state index is -1.47. The fourth-order valence-corrected chi connectivity index (χ4v) is 7.06. The molecule has 0 unspecified atom stereocenters. The van der Waals surface area contributed by atoms with Crippen LogP contribution in [0.15, 0.2) is 9.98 Å². The van der Waals surface area contributed by atoms with Gasteiger partial charge >= 0.3 is 5.97 Å². The SMILES string of the molecule is CSCC[C@H](NC(=O)[C@@H]1CCCN1C(=O)[C@H](CO)NC(=O)CNC(=O)[C@@H]1CCCN1C(=O)[C@@H](N)CCCN=C(N)N)C(=O)N[C@@H](C)C(=O)N[C@@H](CCCN=C(N)N)C(=O)O. The standard InChI is InChI=1S/C35H62N14O10S/c1-19(27(52)47-22(33(58)59)8-4-13-42-35(39)40)44-28(53)21(11-16-60-2)46-30(55)25-10-6-15-49(25)32(57)23(18-50)45-26(51)17-43-29(54)24-9-5-14-48(24)31(56)20(36)7-3-12-41-34(37)38/h19-25,50H,3-18,36H2,1-2H3,(H,43,54)(H,44,53)(H,45,51)(H,46,55)(H,47,52)(H,58,59)(H4,37,38,41)(H4,39,40,42)/t19-,20-,21-,22-,23-,24-,25-/m0/s1. The van der Waals surface area contributed by atoms with Gasteiger partial charge in [0, 0.05) is 26.2 Å². The van der Waals surface area contributed by atoms with Crippen molar-refractivity contribution >= 4 is 71.0 Å². The molecule has 0 aromatic rings. The minimum Gasteiger partial charge on any atom is -0.480 e. The lowest BCUT2D eigenvalue weighted by Gasteiger charge is -2.29. The van der Waals surface area contributed by atoms with Gasteiger partial charge in [0.05, 0.1) is 19.2 Å². The Bertz CT molecular complexity index is 1580. The summed E-state index contributed by atoms with van der Waals surface area (Å²) in [6.07, 6.45) is 4.46. The molecule has 0 saturated carbocycles. The van der Waals surface area contributed by atoms with E-state index in [0.29, 0.717) is 38.0 Å². The number of carbonyl (C=O) groups excluding carboxylic acids is 7. The molecule has 338 valence electrons. The number of aliphatic hydroxyl groups is 1. The quantitative estimate of drug-likeness (QED) is 0.0231. The molecule has 24 nitrogen and oxygen atoms in total. The number of nitrogens with zero attached hydrogens (tertiary/aromatic N) is 4. The van der Waals surface area contributed by atoms with Crippen molar-refractivity contribution in [3.8, 4) is 0 Å². The van der Waals surface area contributed by atoms with Crippen molar-refractivity contribution in [1.29, 1.82) is 0 Å². The average Bonchev–Trinajstić information content (AvgIpc) is 3.90. The second-order valence-electron chi connectivity index (χ2n) is 14.4. The van der Waals surface area contributed by atoms with Crippen LogP contribution in [0.25, 0.3) is 0 Å². The highest BCUT2D eigenvalue weighted by Crippen LogP contribution is 2.21. The number of hydrogen-bond donors (Lipinski definition) is 12. The number of amides is 7. The molecule has 60 heavy (non-hydrogen) atoms. The molecular weight excluding hydrogens is 809 g/mol. The lowest BCUT2D eigenvalue weighted by atomic mass is 10.1. The van der Waals surface area contributed by atoms with Gasteiger partial charge in [0.15, 0.2) is 11.9 Å². The molecule has 2 fully saturated rings. The van der Waals surface area contributed by atoms with Crippen LogP contribution in [0.2, 0.25) is 0 Å². The van der Waals surface area contributed by atoms with E-state index in [1.165, 1.54) is 28.5 Å². The highest BCUT2D eigenvalue weighted by molar-refractivity contribution is 7.98. The van der Waals surface area contributed by atoms with E-state index in [0.717, 1.165) is 0 Å². The number of aliphatic hydroxyl groups excluding tert-OH is 1. The Balaban J connectivity index is 1.98. The van der Waals surface area contributed by atoms with Gasteiger partial charge in [0.25, 0.3) is 0 Å². The summed E-state index contributed by atoms with van der Waals surface area (Å²) in [6, 6.07) is -7.88. The molecule has 0 aliphatic carbocycles.